The lowest BCUT2D eigenvalue weighted by atomic mass is 9.98. The first-order valence-electron chi connectivity index (χ1n) is 6.58. The molecule has 1 aliphatic carbocycles. The molecule has 5 heteroatoms. The summed E-state index contributed by atoms with van der Waals surface area (Å²) < 4.78 is 23.8. The van der Waals surface area contributed by atoms with Gasteiger partial charge in [0.2, 0.25) is 0 Å². The minimum Gasteiger partial charge on any atom is -0.330 e. The highest BCUT2D eigenvalue weighted by atomic mass is 32.2. The Balaban J connectivity index is 2.37. The van der Waals surface area contributed by atoms with Gasteiger partial charge in [-0.2, -0.15) is 0 Å². The van der Waals surface area contributed by atoms with Gasteiger partial charge in [0.1, 0.15) is 0 Å². The molecular weight excluding hydrogens is 260 g/mol. The van der Waals surface area contributed by atoms with E-state index >= 15 is 0 Å². The molecular formula is C14H22N2O2S. The van der Waals surface area contributed by atoms with Gasteiger partial charge in [-0.3, -0.25) is 0 Å². The molecule has 0 aromatic heterocycles. The highest BCUT2D eigenvalue weighted by Crippen LogP contribution is 2.61. The third-order valence-corrected chi connectivity index (χ3v) is 6.01. The van der Waals surface area contributed by atoms with Crippen LogP contribution in [0.2, 0.25) is 0 Å². The fourth-order valence-corrected chi connectivity index (χ4v) is 5.20. The lowest BCUT2D eigenvalue weighted by Gasteiger charge is -2.12. The molecule has 4 nitrogen and oxygen atoms in total. The summed E-state index contributed by atoms with van der Waals surface area (Å²) in [6.07, 6.45) is 2.25. The first-order chi connectivity index (χ1) is 8.90. The summed E-state index contributed by atoms with van der Waals surface area (Å²) in [4.78, 5) is 0. The fraction of sp³-hybridized carbons (Fsp3) is 0.571. The minimum absolute atomic E-state index is 0.0663. The molecule has 2 rings (SSSR count). The van der Waals surface area contributed by atoms with Crippen molar-refractivity contribution in [1.82, 2.24) is 0 Å². The predicted molar refractivity (Wildman–Crippen MR) is 77.7 cm³/mol. The fourth-order valence-electron chi connectivity index (χ4n) is 3.16. The van der Waals surface area contributed by atoms with Crippen LogP contribution in [-0.2, 0) is 16.3 Å². The highest BCUT2D eigenvalue weighted by Gasteiger charge is 2.68. The zero-order valence-electron chi connectivity index (χ0n) is 11.5. The number of sulfone groups is 1. The lowest BCUT2D eigenvalue weighted by Crippen LogP contribution is -2.31. The van der Waals surface area contributed by atoms with Crippen molar-refractivity contribution in [3.8, 4) is 0 Å². The summed E-state index contributed by atoms with van der Waals surface area (Å²) in [5.74, 6) is -0.0663. The zero-order valence-corrected chi connectivity index (χ0v) is 12.3. The summed E-state index contributed by atoms with van der Waals surface area (Å²) in [5.41, 5.74) is 13.4. The van der Waals surface area contributed by atoms with E-state index in [1.54, 1.807) is 0 Å². The quantitative estimate of drug-likeness (QED) is 0.831. The largest absolute Gasteiger partial charge is 0.330 e. The van der Waals surface area contributed by atoms with Gasteiger partial charge < -0.3 is 11.5 Å². The van der Waals surface area contributed by atoms with Gasteiger partial charge in [-0.15, -0.1) is 0 Å². The summed E-state index contributed by atoms with van der Waals surface area (Å²) in [5, 5.41) is -0.442. The Labute approximate surface area is 115 Å². The van der Waals surface area contributed by atoms with Gasteiger partial charge >= 0.3 is 0 Å². The molecule has 106 valence electrons. The van der Waals surface area contributed by atoms with E-state index in [1.165, 1.54) is 11.8 Å². The molecule has 0 amide bonds. The molecule has 0 radical (unpaired) electrons. The van der Waals surface area contributed by atoms with Crippen LogP contribution in [0.1, 0.15) is 24.0 Å². The molecule has 4 N–H and O–H groups in total. The van der Waals surface area contributed by atoms with Crippen molar-refractivity contribution in [3.63, 3.8) is 0 Å². The van der Waals surface area contributed by atoms with Gasteiger partial charge in [0, 0.05) is 30.7 Å². The Hall–Kier alpha value is -0.910. The zero-order chi connectivity index (χ0) is 14.3. The molecule has 0 unspecified atom stereocenters. The number of nitrogens with two attached hydrogens (primary N) is 2. The number of benzene rings is 1. The maximum atomic E-state index is 11.9. The van der Waals surface area contributed by atoms with Crippen LogP contribution in [0, 0.1) is 5.41 Å². The van der Waals surface area contributed by atoms with Crippen molar-refractivity contribution < 1.29 is 8.42 Å². The Morgan fingerprint density at radius 2 is 1.68 bits per heavy atom. The first kappa shape index (κ1) is 14.5. The summed E-state index contributed by atoms with van der Waals surface area (Å²) in [6, 6.07) is 8.11. The lowest BCUT2D eigenvalue weighted by molar-refractivity contribution is 0.511. The second-order valence-corrected chi connectivity index (χ2v) is 7.63. The molecule has 2 atom stereocenters. The molecule has 19 heavy (non-hydrogen) atoms. The van der Waals surface area contributed by atoms with Gasteiger partial charge in [-0.05, 0) is 17.5 Å². The van der Waals surface area contributed by atoms with Gasteiger partial charge in [0.25, 0.3) is 0 Å². The molecule has 0 saturated heterocycles. The minimum atomic E-state index is -3.13. The topological polar surface area (TPSA) is 86.2 Å². The van der Waals surface area contributed by atoms with Crippen LogP contribution in [0.3, 0.4) is 0 Å². The van der Waals surface area contributed by atoms with E-state index in [4.69, 9.17) is 11.5 Å². The third kappa shape index (κ3) is 2.30. The first-order valence-corrected chi connectivity index (χ1v) is 8.54. The number of aryl methyl sites for hydroxylation is 1. The van der Waals surface area contributed by atoms with Crippen LogP contribution < -0.4 is 11.5 Å². The van der Waals surface area contributed by atoms with Crippen molar-refractivity contribution in [2.45, 2.75) is 24.5 Å². The Bertz CT molecular complexity index is 547. The van der Waals surface area contributed by atoms with Crippen molar-refractivity contribution in [1.29, 1.82) is 0 Å². The third-order valence-electron chi connectivity index (χ3n) is 4.35. The maximum Gasteiger partial charge on any atom is 0.151 e. The normalized spacial score (nSPS) is 25.3. The van der Waals surface area contributed by atoms with Crippen LogP contribution >= 0.6 is 0 Å². The molecule has 1 aliphatic rings. The Morgan fingerprint density at radius 3 is 2.00 bits per heavy atom. The smallest absolute Gasteiger partial charge is 0.151 e. The number of hydrogen-bond donors (Lipinski definition) is 2. The van der Waals surface area contributed by atoms with Gasteiger partial charge in [0.15, 0.2) is 9.84 Å². The molecule has 1 fully saturated rings. The average molecular weight is 282 g/mol. The standard InChI is InChI=1S/C14H22N2O2S/c1-3-10-4-6-11(7-5-10)12-13(19(2,17)18)14(12,8-15)9-16/h4-7,12-13H,3,8-9,15-16H2,1-2H3/t12-,13-/m1/s1. The highest BCUT2D eigenvalue weighted by molar-refractivity contribution is 7.91. The second-order valence-electron chi connectivity index (χ2n) is 5.46. The van der Waals surface area contributed by atoms with Crippen molar-refractivity contribution >= 4 is 9.84 Å². The molecule has 0 aliphatic heterocycles. The predicted octanol–water partition coefficient (Wildman–Crippen LogP) is 0.663. The second kappa shape index (κ2) is 4.89. The van der Waals surface area contributed by atoms with Crippen molar-refractivity contribution in [2.24, 2.45) is 16.9 Å². The van der Waals surface area contributed by atoms with E-state index in [-0.39, 0.29) is 5.92 Å². The monoisotopic (exact) mass is 282 g/mol. The maximum absolute atomic E-state index is 11.9. The summed E-state index contributed by atoms with van der Waals surface area (Å²) in [6.45, 7) is 2.71. The van der Waals surface area contributed by atoms with Crippen LogP contribution in [-0.4, -0.2) is 33.0 Å². The van der Waals surface area contributed by atoms with Crippen LogP contribution in [0.5, 0.6) is 0 Å². The molecule has 0 heterocycles. The van der Waals surface area contributed by atoms with E-state index < -0.39 is 20.5 Å². The SMILES string of the molecule is CCc1ccc([C@@H]2[C@@H](S(C)(=O)=O)C2(CN)CN)cc1. The van der Waals surface area contributed by atoms with Crippen molar-refractivity contribution in [2.75, 3.05) is 19.3 Å². The average Bonchev–Trinajstić information content (AvgIpc) is 3.09. The van der Waals surface area contributed by atoms with Crippen LogP contribution in [0.15, 0.2) is 24.3 Å². The molecule has 0 bridgehead atoms. The molecule has 1 aromatic rings. The van der Waals surface area contributed by atoms with E-state index in [1.807, 2.05) is 24.3 Å². The van der Waals surface area contributed by atoms with Gasteiger partial charge in [0.05, 0.1) is 5.25 Å². The molecule has 1 aromatic carbocycles. The van der Waals surface area contributed by atoms with E-state index in [0.29, 0.717) is 13.1 Å². The van der Waals surface area contributed by atoms with E-state index in [0.717, 1.165) is 12.0 Å². The Kier molecular flexibility index (Phi) is 3.73. The van der Waals surface area contributed by atoms with Crippen molar-refractivity contribution in [3.05, 3.63) is 35.4 Å². The van der Waals surface area contributed by atoms with Gasteiger partial charge in [-0.1, -0.05) is 31.2 Å². The van der Waals surface area contributed by atoms with Gasteiger partial charge in [-0.25, -0.2) is 8.42 Å². The number of rotatable bonds is 5. The van der Waals surface area contributed by atoms with Crippen LogP contribution in [0.4, 0.5) is 0 Å². The Morgan fingerprint density at radius 1 is 1.16 bits per heavy atom. The molecule has 1 saturated carbocycles. The summed E-state index contributed by atoms with van der Waals surface area (Å²) in [7, 11) is -3.13. The molecule has 0 spiro atoms. The summed E-state index contributed by atoms with van der Waals surface area (Å²) >= 11 is 0. The van der Waals surface area contributed by atoms with E-state index in [9.17, 15) is 8.42 Å². The van der Waals surface area contributed by atoms with E-state index in [2.05, 4.69) is 6.92 Å². The van der Waals surface area contributed by atoms with Crippen LogP contribution in [0.25, 0.3) is 0 Å². The number of hydrogen-bond acceptors (Lipinski definition) is 4.